The van der Waals surface area contributed by atoms with Crippen LogP contribution < -0.4 is 10.2 Å². The summed E-state index contributed by atoms with van der Waals surface area (Å²) in [4.78, 5) is 18.8. The van der Waals surface area contributed by atoms with Crippen molar-refractivity contribution in [1.82, 2.24) is 15.5 Å². The van der Waals surface area contributed by atoms with Crippen LogP contribution in [0, 0.1) is 11.6 Å². The molecule has 1 aromatic heterocycles. The molecule has 0 saturated heterocycles. The first-order valence-electron chi connectivity index (χ1n) is 10.3. The Hall–Kier alpha value is -4.04. The van der Waals surface area contributed by atoms with E-state index in [1.165, 1.54) is 4.90 Å². The normalized spacial score (nSPS) is 16.1. The van der Waals surface area contributed by atoms with Crippen LogP contribution in [0.25, 0.3) is 17.0 Å². The number of nitrogens with zero attached hydrogens (tertiary/aromatic N) is 3. The van der Waals surface area contributed by atoms with Crippen LogP contribution in [0.4, 0.5) is 19.3 Å². The van der Waals surface area contributed by atoms with Crippen LogP contribution in [-0.4, -0.2) is 16.2 Å². The second kappa shape index (κ2) is 8.72. The fraction of sp³-hybridized carbons (Fsp3) is 0.0800. The summed E-state index contributed by atoms with van der Waals surface area (Å²) in [5.41, 5.74) is 2.35. The Morgan fingerprint density at radius 3 is 2.44 bits per heavy atom. The molecule has 34 heavy (non-hydrogen) atoms. The first kappa shape index (κ1) is 21.8. The van der Waals surface area contributed by atoms with Gasteiger partial charge in [0.1, 0.15) is 11.6 Å². The van der Waals surface area contributed by atoms with Gasteiger partial charge >= 0.3 is 6.03 Å². The number of halogens is 3. The zero-order valence-corrected chi connectivity index (χ0v) is 18.6. The smallest absolute Gasteiger partial charge is 0.327 e. The summed E-state index contributed by atoms with van der Waals surface area (Å²) in [5, 5.41) is 7.49. The van der Waals surface area contributed by atoms with Gasteiger partial charge in [-0.2, -0.15) is 4.98 Å². The Bertz CT molecular complexity index is 1400. The van der Waals surface area contributed by atoms with Crippen LogP contribution >= 0.6 is 11.6 Å². The fourth-order valence-corrected chi connectivity index (χ4v) is 4.16. The third-order valence-electron chi connectivity index (χ3n) is 5.46. The van der Waals surface area contributed by atoms with Gasteiger partial charge in [0.05, 0.1) is 17.3 Å². The van der Waals surface area contributed by atoms with Gasteiger partial charge < -0.3 is 9.84 Å². The van der Waals surface area contributed by atoms with Crippen molar-refractivity contribution >= 4 is 28.9 Å². The SMILES string of the molecule is CC1=C(c2nc(-c3cccc(Cl)c3)no2)C(c2ccccc2)NC(=O)N1c1cc(F)cc(F)c1. The van der Waals surface area contributed by atoms with Crippen LogP contribution in [-0.2, 0) is 0 Å². The van der Waals surface area contributed by atoms with E-state index in [1.807, 2.05) is 30.3 Å². The van der Waals surface area contributed by atoms with E-state index >= 15 is 0 Å². The molecule has 0 bridgehead atoms. The van der Waals surface area contributed by atoms with Gasteiger partial charge in [0.25, 0.3) is 5.89 Å². The molecule has 0 aliphatic carbocycles. The molecule has 0 radical (unpaired) electrons. The number of hydrogen-bond donors (Lipinski definition) is 1. The maximum atomic E-state index is 14.0. The summed E-state index contributed by atoms with van der Waals surface area (Å²) in [5.74, 6) is -1.14. The molecule has 1 atom stereocenters. The Labute approximate surface area is 198 Å². The molecule has 2 amide bonds. The highest BCUT2D eigenvalue weighted by Gasteiger charge is 2.36. The number of allylic oxidation sites excluding steroid dienone is 1. The van der Waals surface area contributed by atoms with E-state index in [0.29, 0.717) is 27.7 Å². The van der Waals surface area contributed by atoms with E-state index in [0.717, 1.165) is 23.8 Å². The molecule has 0 spiro atoms. The van der Waals surface area contributed by atoms with Crippen LogP contribution in [0.1, 0.15) is 24.4 Å². The minimum Gasteiger partial charge on any atom is -0.334 e. The van der Waals surface area contributed by atoms with Crippen LogP contribution in [0.3, 0.4) is 0 Å². The highest BCUT2D eigenvalue weighted by atomic mass is 35.5. The average molecular weight is 479 g/mol. The summed E-state index contributed by atoms with van der Waals surface area (Å²) >= 11 is 6.09. The number of carbonyl (C=O) groups is 1. The molecule has 1 N–H and O–H groups in total. The number of hydrogen-bond acceptors (Lipinski definition) is 4. The van der Waals surface area contributed by atoms with Crippen molar-refractivity contribution < 1.29 is 18.1 Å². The number of amides is 2. The lowest BCUT2D eigenvalue weighted by Gasteiger charge is -2.35. The zero-order chi connectivity index (χ0) is 23.8. The molecule has 5 rings (SSSR count). The van der Waals surface area contributed by atoms with Gasteiger partial charge in [0.15, 0.2) is 0 Å². The fourth-order valence-electron chi connectivity index (χ4n) is 3.97. The Balaban J connectivity index is 1.67. The molecule has 1 aliphatic rings. The molecular formula is C25H17ClF2N4O2. The van der Waals surface area contributed by atoms with E-state index < -0.39 is 23.7 Å². The number of benzene rings is 3. The van der Waals surface area contributed by atoms with Gasteiger partial charge in [-0.1, -0.05) is 59.2 Å². The first-order valence-corrected chi connectivity index (χ1v) is 10.7. The summed E-state index contributed by atoms with van der Waals surface area (Å²) in [6.45, 7) is 1.66. The lowest BCUT2D eigenvalue weighted by atomic mass is 9.94. The lowest BCUT2D eigenvalue weighted by molar-refractivity contribution is 0.244. The Morgan fingerprint density at radius 2 is 1.74 bits per heavy atom. The largest absolute Gasteiger partial charge is 0.334 e. The summed E-state index contributed by atoms with van der Waals surface area (Å²) in [6, 6.07) is 18.0. The number of anilines is 1. The molecule has 6 nitrogen and oxygen atoms in total. The van der Waals surface area contributed by atoms with E-state index in [4.69, 9.17) is 16.1 Å². The van der Waals surface area contributed by atoms with Gasteiger partial charge in [-0.25, -0.2) is 13.6 Å². The minimum atomic E-state index is -0.802. The van der Waals surface area contributed by atoms with Gasteiger partial charge in [0, 0.05) is 22.3 Å². The van der Waals surface area contributed by atoms with Gasteiger partial charge in [-0.15, -0.1) is 0 Å². The predicted octanol–water partition coefficient (Wildman–Crippen LogP) is 6.37. The highest BCUT2D eigenvalue weighted by molar-refractivity contribution is 6.30. The average Bonchev–Trinajstić information content (AvgIpc) is 3.28. The first-order chi connectivity index (χ1) is 16.4. The molecule has 0 fully saturated rings. The van der Waals surface area contributed by atoms with Crippen LogP contribution in [0.5, 0.6) is 0 Å². The lowest BCUT2D eigenvalue weighted by Crippen LogP contribution is -2.46. The zero-order valence-electron chi connectivity index (χ0n) is 17.8. The minimum absolute atomic E-state index is 0.0334. The number of carbonyl (C=O) groups excluding carboxylic acids is 1. The maximum absolute atomic E-state index is 14.0. The van der Waals surface area contributed by atoms with Crippen molar-refractivity contribution in [3.8, 4) is 11.4 Å². The van der Waals surface area contributed by atoms with Crippen LogP contribution in [0.15, 0.2) is 83.0 Å². The summed E-state index contributed by atoms with van der Waals surface area (Å²) in [7, 11) is 0. The predicted molar refractivity (Wildman–Crippen MR) is 124 cm³/mol. The molecule has 0 saturated carbocycles. The number of nitrogens with one attached hydrogen (secondary N) is 1. The molecule has 3 aromatic carbocycles. The van der Waals surface area contributed by atoms with Crippen molar-refractivity contribution in [2.24, 2.45) is 0 Å². The number of urea groups is 1. The van der Waals surface area contributed by atoms with Crippen molar-refractivity contribution in [2.75, 3.05) is 4.90 Å². The molecular weight excluding hydrogens is 462 g/mol. The van der Waals surface area contributed by atoms with Crippen molar-refractivity contribution in [3.05, 3.63) is 107 Å². The van der Waals surface area contributed by atoms with Gasteiger partial charge in [-0.05, 0) is 36.8 Å². The van der Waals surface area contributed by atoms with Crippen molar-refractivity contribution in [1.29, 1.82) is 0 Å². The van der Waals surface area contributed by atoms with Crippen LogP contribution in [0.2, 0.25) is 5.02 Å². The van der Waals surface area contributed by atoms with E-state index in [9.17, 15) is 13.6 Å². The molecule has 9 heteroatoms. The highest BCUT2D eigenvalue weighted by Crippen LogP contribution is 2.39. The number of rotatable bonds is 4. The van der Waals surface area contributed by atoms with E-state index in [1.54, 1.807) is 31.2 Å². The summed E-state index contributed by atoms with van der Waals surface area (Å²) in [6.07, 6.45) is 0. The summed E-state index contributed by atoms with van der Waals surface area (Å²) < 4.78 is 33.5. The molecule has 2 heterocycles. The number of aromatic nitrogens is 2. The van der Waals surface area contributed by atoms with Gasteiger partial charge in [0.2, 0.25) is 5.82 Å². The molecule has 1 unspecified atom stereocenters. The third kappa shape index (κ3) is 4.04. The Morgan fingerprint density at radius 1 is 1.00 bits per heavy atom. The molecule has 170 valence electrons. The monoisotopic (exact) mass is 478 g/mol. The van der Waals surface area contributed by atoms with Crippen molar-refractivity contribution in [2.45, 2.75) is 13.0 Å². The quantitative estimate of drug-likeness (QED) is 0.370. The maximum Gasteiger partial charge on any atom is 0.327 e. The van der Waals surface area contributed by atoms with E-state index in [2.05, 4.69) is 15.5 Å². The third-order valence-corrected chi connectivity index (χ3v) is 5.70. The standard InChI is InChI=1S/C25H17ClF2N4O2/c1-14-21(24-30-23(31-34-24)16-8-5-9-17(26)10-16)22(15-6-3-2-4-7-15)29-25(33)32(14)20-12-18(27)11-19(28)13-20/h2-13,22H,1H3,(H,29,33). The second-order valence-electron chi connectivity index (χ2n) is 7.69. The topological polar surface area (TPSA) is 71.3 Å². The van der Waals surface area contributed by atoms with Crippen molar-refractivity contribution in [3.63, 3.8) is 0 Å². The Kier molecular flexibility index (Phi) is 5.59. The van der Waals surface area contributed by atoms with Gasteiger partial charge in [-0.3, -0.25) is 4.90 Å². The molecule has 1 aliphatic heterocycles. The second-order valence-corrected chi connectivity index (χ2v) is 8.13. The molecule has 4 aromatic rings. The van der Waals surface area contributed by atoms with E-state index in [-0.39, 0.29) is 11.6 Å².